The number of benzene rings is 3. The molecule has 6 rings (SSSR count). The fourth-order valence-electron chi connectivity index (χ4n) is 4.46. The summed E-state index contributed by atoms with van der Waals surface area (Å²) in [5, 5.41) is 2.80. The smallest absolute Gasteiger partial charge is 0.328 e. The SMILES string of the molecule is C#Cc1cc(-c2nc3ccccc3o2)c(C(=O)N[C@H](Cc2cnc[nH]2)C(=O)OC)c(-c2nc3ccccc3o2)c1. The molecule has 10 heteroatoms. The van der Waals surface area contributed by atoms with Crippen molar-refractivity contribution in [3.63, 3.8) is 0 Å². The lowest BCUT2D eigenvalue weighted by atomic mass is 9.96. The van der Waals surface area contributed by atoms with Gasteiger partial charge in [0.2, 0.25) is 11.8 Å². The fraction of sp³-hybridized carbons (Fsp3) is 0.100. The Morgan fingerprint density at radius 1 is 1.00 bits per heavy atom. The van der Waals surface area contributed by atoms with Crippen molar-refractivity contribution in [1.82, 2.24) is 25.3 Å². The van der Waals surface area contributed by atoms with Crippen molar-refractivity contribution in [1.29, 1.82) is 0 Å². The summed E-state index contributed by atoms with van der Waals surface area (Å²) in [5.41, 5.74) is 4.10. The Labute approximate surface area is 227 Å². The maximum Gasteiger partial charge on any atom is 0.328 e. The van der Waals surface area contributed by atoms with Crippen LogP contribution in [-0.2, 0) is 16.0 Å². The average molecular weight is 532 g/mol. The highest BCUT2D eigenvalue weighted by Crippen LogP contribution is 2.36. The van der Waals surface area contributed by atoms with Crippen LogP contribution in [-0.4, -0.2) is 45.0 Å². The van der Waals surface area contributed by atoms with Crippen LogP contribution in [0.15, 0.2) is 82.0 Å². The van der Waals surface area contributed by atoms with Crippen LogP contribution in [0.3, 0.4) is 0 Å². The number of nitrogens with zero attached hydrogens (tertiary/aromatic N) is 3. The molecule has 196 valence electrons. The maximum absolute atomic E-state index is 14.1. The van der Waals surface area contributed by atoms with Gasteiger partial charge < -0.3 is 23.9 Å². The zero-order valence-corrected chi connectivity index (χ0v) is 21.2. The first-order chi connectivity index (χ1) is 19.5. The van der Waals surface area contributed by atoms with Crippen molar-refractivity contribution in [2.45, 2.75) is 12.5 Å². The molecule has 0 spiro atoms. The van der Waals surface area contributed by atoms with Crippen molar-refractivity contribution >= 4 is 34.1 Å². The second kappa shape index (κ2) is 10.2. The Morgan fingerprint density at radius 3 is 2.10 bits per heavy atom. The van der Waals surface area contributed by atoms with Crippen molar-refractivity contribution in [3.8, 4) is 35.3 Å². The third-order valence-corrected chi connectivity index (χ3v) is 6.35. The number of rotatable bonds is 7. The molecule has 2 N–H and O–H groups in total. The molecule has 0 saturated heterocycles. The Hall–Kier alpha value is -5.69. The number of para-hydroxylation sites is 4. The number of H-pyrrole nitrogens is 1. The molecule has 0 aliphatic carbocycles. The fourth-order valence-corrected chi connectivity index (χ4v) is 4.46. The molecule has 3 heterocycles. The van der Waals surface area contributed by atoms with Gasteiger partial charge >= 0.3 is 5.97 Å². The van der Waals surface area contributed by atoms with Gasteiger partial charge in [0.25, 0.3) is 5.91 Å². The monoisotopic (exact) mass is 531 g/mol. The largest absolute Gasteiger partial charge is 0.467 e. The number of carbonyl (C=O) groups is 2. The number of aromatic amines is 1. The van der Waals surface area contributed by atoms with E-state index in [4.69, 9.17) is 20.0 Å². The van der Waals surface area contributed by atoms with E-state index >= 15 is 0 Å². The number of ether oxygens (including phenoxy) is 1. The van der Waals surface area contributed by atoms with Crippen LogP contribution in [0.2, 0.25) is 0 Å². The molecule has 6 aromatic rings. The molecule has 0 aliphatic heterocycles. The van der Waals surface area contributed by atoms with E-state index in [0.29, 0.717) is 44.6 Å². The summed E-state index contributed by atoms with van der Waals surface area (Å²) < 4.78 is 17.0. The van der Waals surface area contributed by atoms with Gasteiger partial charge in [0.05, 0.1) is 30.1 Å². The van der Waals surface area contributed by atoms with Gasteiger partial charge in [-0.15, -0.1) is 6.42 Å². The number of carbonyl (C=O) groups excluding carboxylic acids is 2. The van der Waals surface area contributed by atoms with Gasteiger partial charge in [-0.05, 0) is 36.4 Å². The number of esters is 1. The van der Waals surface area contributed by atoms with E-state index in [1.165, 1.54) is 13.4 Å². The van der Waals surface area contributed by atoms with Crippen LogP contribution in [0, 0.1) is 12.3 Å². The molecule has 0 bridgehead atoms. The summed E-state index contributed by atoms with van der Waals surface area (Å²) in [5.74, 6) is 1.73. The highest BCUT2D eigenvalue weighted by Gasteiger charge is 2.30. The predicted octanol–water partition coefficient (Wildman–Crippen LogP) is 4.52. The molecule has 0 unspecified atom stereocenters. The van der Waals surface area contributed by atoms with E-state index in [-0.39, 0.29) is 23.8 Å². The average Bonchev–Trinajstić information content (AvgIpc) is 3.75. The lowest BCUT2D eigenvalue weighted by molar-refractivity contribution is -0.142. The molecule has 3 aromatic heterocycles. The van der Waals surface area contributed by atoms with Crippen LogP contribution in [0.4, 0.5) is 0 Å². The highest BCUT2D eigenvalue weighted by molar-refractivity contribution is 6.07. The molecular formula is C30H21N5O5. The topological polar surface area (TPSA) is 136 Å². The number of hydrogen-bond acceptors (Lipinski definition) is 8. The number of imidazole rings is 1. The van der Waals surface area contributed by atoms with Gasteiger partial charge in [-0.25, -0.2) is 19.7 Å². The summed E-state index contributed by atoms with van der Waals surface area (Å²) in [6.45, 7) is 0. The summed E-state index contributed by atoms with van der Waals surface area (Å²) in [6, 6.07) is 16.7. The van der Waals surface area contributed by atoms with E-state index in [9.17, 15) is 9.59 Å². The first-order valence-electron chi connectivity index (χ1n) is 12.3. The summed E-state index contributed by atoms with van der Waals surface area (Å²) in [4.78, 5) is 42.9. The number of hydrogen-bond donors (Lipinski definition) is 2. The zero-order chi connectivity index (χ0) is 27.6. The molecule has 0 saturated carbocycles. The molecule has 1 amide bonds. The predicted molar refractivity (Wildman–Crippen MR) is 146 cm³/mol. The highest BCUT2D eigenvalue weighted by atomic mass is 16.5. The quantitative estimate of drug-likeness (QED) is 0.227. The van der Waals surface area contributed by atoms with Gasteiger partial charge in [0.1, 0.15) is 17.1 Å². The molecule has 3 aromatic carbocycles. The number of terminal acetylenes is 1. The minimum Gasteiger partial charge on any atom is -0.467 e. The number of oxazole rings is 2. The van der Waals surface area contributed by atoms with Gasteiger partial charge in [-0.1, -0.05) is 30.2 Å². The third kappa shape index (κ3) is 4.56. The maximum atomic E-state index is 14.1. The number of aromatic nitrogens is 4. The van der Waals surface area contributed by atoms with Crippen LogP contribution in [0.25, 0.3) is 45.1 Å². The van der Waals surface area contributed by atoms with Crippen LogP contribution >= 0.6 is 0 Å². The standard InChI is InChI=1S/C30H21N5O5/c1-3-17-12-19(28-34-21-8-4-6-10-24(21)39-28)26(20(13-17)29-35-22-9-5-7-11-25(22)40-29)27(36)33-23(30(37)38-2)14-18-15-31-16-32-18/h1,4-13,15-16,23H,14H2,2H3,(H,31,32)(H,33,36)/t23-/m1/s1. The van der Waals surface area contributed by atoms with Crippen LogP contribution < -0.4 is 5.32 Å². The Balaban J connectivity index is 1.54. The van der Waals surface area contributed by atoms with E-state index in [1.807, 2.05) is 24.3 Å². The van der Waals surface area contributed by atoms with Gasteiger partial charge in [0.15, 0.2) is 11.2 Å². The van der Waals surface area contributed by atoms with Crippen LogP contribution in [0.1, 0.15) is 21.6 Å². The molecule has 0 aliphatic rings. The van der Waals surface area contributed by atoms with E-state index in [1.54, 1.807) is 42.6 Å². The third-order valence-electron chi connectivity index (χ3n) is 6.35. The molecule has 1 atom stereocenters. The van der Waals surface area contributed by atoms with Crippen molar-refractivity contribution in [2.75, 3.05) is 7.11 Å². The number of amides is 1. The summed E-state index contributed by atoms with van der Waals surface area (Å²) in [6.07, 6.45) is 8.99. The van der Waals surface area contributed by atoms with Gasteiger partial charge in [-0.2, -0.15) is 0 Å². The molecular weight excluding hydrogens is 510 g/mol. The Kier molecular flexibility index (Phi) is 6.30. The van der Waals surface area contributed by atoms with Crippen molar-refractivity contribution in [3.05, 3.63) is 90.0 Å². The Bertz CT molecular complexity index is 1750. The van der Waals surface area contributed by atoms with E-state index in [0.717, 1.165) is 0 Å². The van der Waals surface area contributed by atoms with Crippen LogP contribution in [0.5, 0.6) is 0 Å². The van der Waals surface area contributed by atoms with Gasteiger partial charge in [0, 0.05) is 23.9 Å². The Morgan fingerprint density at radius 2 is 1.60 bits per heavy atom. The number of nitrogens with one attached hydrogen (secondary N) is 2. The van der Waals surface area contributed by atoms with Crippen molar-refractivity contribution < 1.29 is 23.2 Å². The van der Waals surface area contributed by atoms with E-state index < -0.39 is 17.9 Å². The van der Waals surface area contributed by atoms with Gasteiger partial charge in [-0.3, -0.25) is 4.79 Å². The minimum atomic E-state index is -1.03. The summed E-state index contributed by atoms with van der Waals surface area (Å²) in [7, 11) is 1.25. The first kappa shape index (κ1) is 24.6. The normalized spacial score (nSPS) is 11.8. The van der Waals surface area contributed by atoms with E-state index in [2.05, 4.69) is 31.2 Å². The molecule has 10 nitrogen and oxygen atoms in total. The lowest BCUT2D eigenvalue weighted by Gasteiger charge is -2.18. The molecule has 40 heavy (non-hydrogen) atoms. The number of fused-ring (bicyclic) bond motifs is 2. The van der Waals surface area contributed by atoms with Crippen molar-refractivity contribution in [2.24, 2.45) is 0 Å². The zero-order valence-electron chi connectivity index (χ0n) is 21.2. The summed E-state index contributed by atoms with van der Waals surface area (Å²) >= 11 is 0. The molecule has 0 fully saturated rings. The second-order valence-corrected chi connectivity index (χ2v) is 8.89. The number of methoxy groups -OCH3 is 1. The minimum absolute atomic E-state index is 0.121. The first-order valence-corrected chi connectivity index (χ1v) is 12.3. The molecule has 0 radical (unpaired) electrons. The second-order valence-electron chi connectivity index (χ2n) is 8.89. The lowest BCUT2D eigenvalue weighted by Crippen LogP contribution is -2.43.